The van der Waals surface area contributed by atoms with Crippen molar-refractivity contribution < 1.29 is 5.11 Å². The first-order valence-corrected chi connectivity index (χ1v) is 5.72. The molecule has 1 N–H and O–H groups in total. The summed E-state index contributed by atoms with van der Waals surface area (Å²) in [5, 5.41) is 8.80. The molecule has 2 heteroatoms. The highest BCUT2D eigenvalue weighted by molar-refractivity contribution is 4.96. The minimum Gasteiger partial charge on any atom is -0.396 e. The van der Waals surface area contributed by atoms with Crippen molar-refractivity contribution in [3.05, 3.63) is 11.6 Å². The zero-order valence-electron chi connectivity index (χ0n) is 9.50. The highest BCUT2D eigenvalue weighted by Gasteiger charge is 2.22. The summed E-state index contributed by atoms with van der Waals surface area (Å²) in [5.41, 5.74) is 1.40. The second-order valence-corrected chi connectivity index (χ2v) is 4.44. The molecule has 0 aromatic heterocycles. The maximum Gasteiger partial charge on any atom is 0.0431 e. The number of hydrogen-bond donors (Lipinski definition) is 1. The standard InChI is InChI=1S/C12H23NO/c1-11(2)7-9-13-8-3-5-12(13)6-4-10-14/h7,12,14H,3-6,8-10H2,1-2H3. The van der Waals surface area contributed by atoms with Crippen molar-refractivity contribution in [1.82, 2.24) is 4.90 Å². The first kappa shape index (κ1) is 11.7. The van der Waals surface area contributed by atoms with Crippen LogP contribution >= 0.6 is 0 Å². The van der Waals surface area contributed by atoms with Crippen LogP contribution in [0.15, 0.2) is 11.6 Å². The van der Waals surface area contributed by atoms with Gasteiger partial charge in [-0.05, 0) is 46.1 Å². The van der Waals surface area contributed by atoms with Crippen LogP contribution in [0.3, 0.4) is 0 Å². The molecule has 14 heavy (non-hydrogen) atoms. The summed E-state index contributed by atoms with van der Waals surface area (Å²) in [6.45, 7) is 6.98. The molecule has 82 valence electrons. The first-order valence-electron chi connectivity index (χ1n) is 5.72. The van der Waals surface area contributed by atoms with Crippen LogP contribution in [-0.2, 0) is 0 Å². The van der Waals surface area contributed by atoms with Gasteiger partial charge in [0.25, 0.3) is 0 Å². The second kappa shape index (κ2) is 6.20. The van der Waals surface area contributed by atoms with Crippen molar-refractivity contribution in [1.29, 1.82) is 0 Å². The van der Waals surface area contributed by atoms with Crippen molar-refractivity contribution >= 4 is 0 Å². The molecule has 0 amide bonds. The number of hydrogen-bond acceptors (Lipinski definition) is 2. The Balaban J connectivity index is 2.31. The van der Waals surface area contributed by atoms with Gasteiger partial charge in [0.15, 0.2) is 0 Å². The number of aliphatic hydroxyl groups is 1. The third-order valence-electron chi connectivity index (χ3n) is 2.93. The van der Waals surface area contributed by atoms with Gasteiger partial charge in [0.2, 0.25) is 0 Å². The molecular weight excluding hydrogens is 174 g/mol. The SMILES string of the molecule is CC(C)=CCN1CCCC1CCCO. The van der Waals surface area contributed by atoms with Crippen LogP contribution in [-0.4, -0.2) is 35.7 Å². The molecule has 0 bridgehead atoms. The largest absolute Gasteiger partial charge is 0.396 e. The molecule has 0 radical (unpaired) electrons. The van der Waals surface area contributed by atoms with E-state index in [9.17, 15) is 0 Å². The average molecular weight is 197 g/mol. The van der Waals surface area contributed by atoms with Crippen LogP contribution in [0.1, 0.15) is 39.5 Å². The van der Waals surface area contributed by atoms with Crippen LogP contribution in [0.25, 0.3) is 0 Å². The van der Waals surface area contributed by atoms with Crippen LogP contribution in [0.4, 0.5) is 0 Å². The van der Waals surface area contributed by atoms with Gasteiger partial charge in [-0.3, -0.25) is 4.90 Å². The van der Waals surface area contributed by atoms with Crippen molar-refractivity contribution in [2.75, 3.05) is 19.7 Å². The molecule has 0 aromatic rings. The Morgan fingerprint density at radius 1 is 1.50 bits per heavy atom. The van der Waals surface area contributed by atoms with Gasteiger partial charge in [-0.2, -0.15) is 0 Å². The fraction of sp³-hybridized carbons (Fsp3) is 0.833. The van der Waals surface area contributed by atoms with Gasteiger partial charge < -0.3 is 5.11 Å². The summed E-state index contributed by atoms with van der Waals surface area (Å²) >= 11 is 0. The van der Waals surface area contributed by atoms with E-state index in [1.165, 1.54) is 25.0 Å². The third-order valence-corrected chi connectivity index (χ3v) is 2.93. The van der Waals surface area contributed by atoms with Crippen molar-refractivity contribution in [3.63, 3.8) is 0 Å². The quantitative estimate of drug-likeness (QED) is 0.683. The Labute approximate surface area is 87.6 Å². The second-order valence-electron chi connectivity index (χ2n) is 4.44. The van der Waals surface area contributed by atoms with Crippen LogP contribution in [0.2, 0.25) is 0 Å². The molecule has 2 nitrogen and oxygen atoms in total. The van der Waals surface area contributed by atoms with E-state index >= 15 is 0 Å². The molecule has 1 heterocycles. The molecule has 1 rings (SSSR count). The number of aliphatic hydroxyl groups excluding tert-OH is 1. The van der Waals surface area contributed by atoms with Gasteiger partial charge in [-0.1, -0.05) is 11.6 Å². The maximum absolute atomic E-state index is 8.80. The Morgan fingerprint density at radius 2 is 2.29 bits per heavy atom. The summed E-state index contributed by atoms with van der Waals surface area (Å²) in [5.74, 6) is 0. The zero-order chi connectivity index (χ0) is 10.4. The number of rotatable bonds is 5. The average Bonchev–Trinajstić information content (AvgIpc) is 2.58. The minimum atomic E-state index is 0.340. The number of allylic oxidation sites excluding steroid dienone is 1. The summed E-state index contributed by atoms with van der Waals surface area (Å²) in [6, 6.07) is 0.720. The van der Waals surface area contributed by atoms with E-state index < -0.39 is 0 Å². The van der Waals surface area contributed by atoms with Crippen LogP contribution < -0.4 is 0 Å². The summed E-state index contributed by atoms with van der Waals surface area (Å²) < 4.78 is 0. The Bertz CT molecular complexity index is 185. The summed E-state index contributed by atoms with van der Waals surface area (Å²) in [7, 11) is 0. The molecule has 1 aliphatic heterocycles. The van der Waals surface area contributed by atoms with Crippen LogP contribution in [0.5, 0.6) is 0 Å². The molecule has 1 fully saturated rings. The molecule has 0 spiro atoms. The topological polar surface area (TPSA) is 23.5 Å². The van der Waals surface area contributed by atoms with Gasteiger partial charge >= 0.3 is 0 Å². The van der Waals surface area contributed by atoms with Crippen molar-refractivity contribution in [2.24, 2.45) is 0 Å². The Hall–Kier alpha value is -0.340. The van der Waals surface area contributed by atoms with E-state index in [-0.39, 0.29) is 0 Å². The van der Waals surface area contributed by atoms with Crippen molar-refractivity contribution in [2.45, 2.75) is 45.6 Å². The monoisotopic (exact) mass is 197 g/mol. The Kier molecular flexibility index (Phi) is 5.20. The van der Waals surface area contributed by atoms with Gasteiger partial charge in [-0.25, -0.2) is 0 Å². The molecule has 1 aliphatic rings. The van der Waals surface area contributed by atoms with Crippen molar-refractivity contribution in [3.8, 4) is 0 Å². The van der Waals surface area contributed by atoms with E-state index in [1.54, 1.807) is 0 Å². The lowest BCUT2D eigenvalue weighted by atomic mass is 10.1. The van der Waals surface area contributed by atoms with Gasteiger partial charge in [-0.15, -0.1) is 0 Å². The molecule has 1 unspecified atom stereocenters. The fourth-order valence-electron chi connectivity index (χ4n) is 2.09. The lowest BCUT2D eigenvalue weighted by molar-refractivity contribution is 0.230. The highest BCUT2D eigenvalue weighted by Crippen LogP contribution is 2.20. The van der Waals surface area contributed by atoms with Gasteiger partial charge in [0, 0.05) is 19.2 Å². The first-order chi connectivity index (χ1) is 6.74. The lowest BCUT2D eigenvalue weighted by Gasteiger charge is -2.22. The molecular formula is C12H23NO. The number of nitrogens with zero attached hydrogens (tertiary/aromatic N) is 1. The van der Waals surface area contributed by atoms with E-state index in [2.05, 4.69) is 24.8 Å². The predicted octanol–water partition coefficient (Wildman–Crippen LogP) is 2.19. The maximum atomic E-state index is 8.80. The molecule has 0 saturated carbocycles. The molecule has 1 saturated heterocycles. The third kappa shape index (κ3) is 3.81. The fourth-order valence-corrected chi connectivity index (χ4v) is 2.09. The lowest BCUT2D eigenvalue weighted by Crippen LogP contribution is -2.29. The summed E-state index contributed by atoms with van der Waals surface area (Å²) in [6.07, 6.45) is 7.06. The normalized spacial score (nSPS) is 22.6. The molecule has 1 atom stereocenters. The number of likely N-dealkylation sites (tertiary alicyclic amines) is 1. The van der Waals surface area contributed by atoms with E-state index in [0.29, 0.717) is 6.61 Å². The van der Waals surface area contributed by atoms with E-state index in [1.807, 2.05) is 0 Å². The summed E-state index contributed by atoms with van der Waals surface area (Å²) in [4.78, 5) is 2.54. The molecule has 0 aliphatic carbocycles. The van der Waals surface area contributed by atoms with E-state index in [0.717, 1.165) is 25.4 Å². The van der Waals surface area contributed by atoms with Gasteiger partial charge in [0.1, 0.15) is 0 Å². The zero-order valence-corrected chi connectivity index (χ0v) is 9.50. The van der Waals surface area contributed by atoms with Gasteiger partial charge in [0.05, 0.1) is 0 Å². The smallest absolute Gasteiger partial charge is 0.0431 e. The van der Waals surface area contributed by atoms with Crippen LogP contribution in [0, 0.1) is 0 Å². The molecule has 0 aromatic carbocycles. The highest BCUT2D eigenvalue weighted by atomic mass is 16.2. The van der Waals surface area contributed by atoms with E-state index in [4.69, 9.17) is 5.11 Å². The Morgan fingerprint density at radius 3 is 2.93 bits per heavy atom. The predicted molar refractivity (Wildman–Crippen MR) is 60.3 cm³/mol. The minimum absolute atomic E-state index is 0.340.